The molecule has 4 nitrogen and oxygen atoms in total. The van der Waals surface area contributed by atoms with Gasteiger partial charge in [0.05, 0.1) is 4.90 Å². The molecule has 1 aliphatic rings. The van der Waals surface area contributed by atoms with E-state index in [1.165, 1.54) is 16.7 Å². The first-order chi connectivity index (χ1) is 15.0. The number of likely N-dealkylation sites (tertiary alicyclic amines) is 1. The van der Waals surface area contributed by atoms with Gasteiger partial charge >= 0.3 is 0 Å². The molecule has 1 fully saturated rings. The van der Waals surface area contributed by atoms with Gasteiger partial charge in [-0.1, -0.05) is 60.7 Å². The van der Waals surface area contributed by atoms with Gasteiger partial charge in [0.2, 0.25) is 0 Å². The van der Waals surface area contributed by atoms with Crippen LogP contribution in [0.1, 0.15) is 17.5 Å². The lowest BCUT2D eigenvalue weighted by Crippen LogP contribution is -2.34. The van der Waals surface area contributed by atoms with Crippen LogP contribution in [0.4, 0.5) is 0 Å². The molecule has 3 atom stereocenters. The number of hydrogen-bond donors (Lipinski definition) is 1. The van der Waals surface area contributed by atoms with E-state index in [-0.39, 0.29) is 6.04 Å². The molecule has 31 heavy (non-hydrogen) atoms. The fraction of sp³-hybridized carbons (Fsp3) is 0.280. The van der Waals surface area contributed by atoms with E-state index in [9.17, 15) is 8.42 Å². The van der Waals surface area contributed by atoms with Crippen molar-refractivity contribution in [2.45, 2.75) is 35.7 Å². The molecule has 3 aromatic rings. The van der Waals surface area contributed by atoms with Crippen molar-refractivity contribution in [3.05, 3.63) is 83.9 Å². The van der Waals surface area contributed by atoms with Crippen LogP contribution in [-0.2, 0) is 28.3 Å². The Morgan fingerprint density at radius 2 is 1.68 bits per heavy atom. The van der Waals surface area contributed by atoms with Crippen molar-refractivity contribution in [2.24, 2.45) is 0 Å². The van der Waals surface area contributed by atoms with Gasteiger partial charge in [-0.25, -0.2) is 8.93 Å². The van der Waals surface area contributed by atoms with E-state index in [1.807, 2.05) is 25.1 Å². The molecule has 1 heterocycles. The molecule has 1 N–H and O–H groups in total. The van der Waals surface area contributed by atoms with Crippen molar-refractivity contribution >= 4 is 21.8 Å². The lowest BCUT2D eigenvalue weighted by Gasteiger charge is -2.17. The Labute approximate surface area is 189 Å². The average molecular weight is 453 g/mol. The van der Waals surface area contributed by atoms with Crippen LogP contribution in [0.3, 0.4) is 0 Å². The van der Waals surface area contributed by atoms with Crippen molar-refractivity contribution in [1.82, 2.24) is 9.62 Å². The molecule has 0 aliphatic carbocycles. The summed E-state index contributed by atoms with van der Waals surface area (Å²) in [6.07, 6.45) is 2.61. The number of hydrogen-bond acceptors (Lipinski definition) is 3. The fourth-order valence-electron chi connectivity index (χ4n) is 3.94. The summed E-state index contributed by atoms with van der Waals surface area (Å²) >= 11 is 0. The molecule has 0 spiro atoms. The van der Waals surface area contributed by atoms with E-state index in [0.717, 1.165) is 36.5 Å². The van der Waals surface area contributed by atoms with Gasteiger partial charge in [-0.2, -0.15) is 0 Å². The quantitative estimate of drug-likeness (QED) is 0.582. The molecule has 3 aromatic carbocycles. The van der Waals surface area contributed by atoms with E-state index in [4.69, 9.17) is 0 Å². The van der Waals surface area contributed by atoms with Gasteiger partial charge in [0.1, 0.15) is 11.0 Å². The summed E-state index contributed by atoms with van der Waals surface area (Å²) in [7, 11) is -2.39. The zero-order valence-corrected chi connectivity index (χ0v) is 19.5. The Morgan fingerprint density at radius 3 is 2.39 bits per heavy atom. The number of benzene rings is 3. The van der Waals surface area contributed by atoms with Crippen LogP contribution < -0.4 is 4.72 Å². The zero-order valence-electron chi connectivity index (χ0n) is 17.9. The molecular formula is C25H28N2O2S2. The predicted octanol–water partition coefficient (Wildman–Crippen LogP) is 4.29. The van der Waals surface area contributed by atoms with Gasteiger partial charge in [-0.05, 0) is 47.7 Å². The van der Waals surface area contributed by atoms with Gasteiger partial charge in [0.15, 0.2) is 0 Å². The summed E-state index contributed by atoms with van der Waals surface area (Å²) in [6.45, 7) is 4.68. The fourth-order valence-corrected chi connectivity index (χ4v) is 5.77. The average Bonchev–Trinajstić information content (AvgIpc) is 3.21. The van der Waals surface area contributed by atoms with Crippen molar-refractivity contribution in [3.63, 3.8) is 0 Å². The first kappa shape index (κ1) is 22.1. The van der Waals surface area contributed by atoms with Gasteiger partial charge in [0.25, 0.3) is 0 Å². The van der Waals surface area contributed by atoms with Crippen LogP contribution in [0.5, 0.6) is 0 Å². The molecule has 0 radical (unpaired) electrons. The molecular weight excluding hydrogens is 424 g/mol. The Balaban J connectivity index is 1.34. The number of rotatable bonds is 7. The standard InChI is InChI=1S/C25H28N2O2S2/c1-19-8-13-24(30(2)28)16-25(19)31(29)26-23-14-15-27(18-23)17-20-9-11-22(12-10-20)21-6-4-3-5-7-21/h3-13,16,23,26H,14-15,17-18H2,1-2H3. The third kappa shape index (κ3) is 5.57. The predicted molar refractivity (Wildman–Crippen MR) is 129 cm³/mol. The van der Waals surface area contributed by atoms with E-state index < -0.39 is 21.8 Å². The SMILES string of the molecule is Cc1ccc(S(C)=O)cc1S(=O)NC1CCN(Cc2ccc(-c3ccccc3)cc2)C1. The third-order valence-corrected chi connectivity index (χ3v) is 8.01. The Morgan fingerprint density at radius 1 is 0.968 bits per heavy atom. The zero-order chi connectivity index (χ0) is 21.8. The van der Waals surface area contributed by atoms with Crippen molar-refractivity contribution in [3.8, 4) is 11.1 Å². The molecule has 0 aromatic heterocycles. The second-order valence-electron chi connectivity index (χ2n) is 8.05. The molecule has 0 bridgehead atoms. The van der Waals surface area contributed by atoms with E-state index in [0.29, 0.717) is 4.90 Å². The first-order valence-electron chi connectivity index (χ1n) is 10.5. The summed E-state index contributed by atoms with van der Waals surface area (Å²) in [5.74, 6) is 0. The van der Waals surface area contributed by atoms with Gasteiger partial charge in [-0.15, -0.1) is 0 Å². The second kappa shape index (κ2) is 10.0. The van der Waals surface area contributed by atoms with Crippen LogP contribution in [-0.4, -0.2) is 38.7 Å². The van der Waals surface area contributed by atoms with Gasteiger partial charge < -0.3 is 0 Å². The van der Waals surface area contributed by atoms with Crippen molar-refractivity contribution in [2.75, 3.05) is 19.3 Å². The maximum atomic E-state index is 12.9. The Bertz CT molecular complexity index is 1080. The lowest BCUT2D eigenvalue weighted by molar-refractivity contribution is 0.325. The summed E-state index contributed by atoms with van der Waals surface area (Å²) in [5.41, 5.74) is 4.70. The highest BCUT2D eigenvalue weighted by Crippen LogP contribution is 2.22. The van der Waals surface area contributed by atoms with Gasteiger partial charge in [-0.3, -0.25) is 9.11 Å². The normalized spacial score (nSPS) is 18.7. The van der Waals surface area contributed by atoms with Gasteiger partial charge in [0, 0.05) is 47.6 Å². The number of nitrogens with zero attached hydrogens (tertiary/aromatic N) is 1. The topological polar surface area (TPSA) is 49.4 Å². The Hall–Kier alpha value is -2.12. The van der Waals surface area contributed by atoms with E-state index in [2.05, 4.69) is 58.2 Å². The van der Waals surface area contributed by atoms with E-state index >= 15 is 0 Å². The Kier molecular flexibility index (Phi) is 7.13. The lowest BCUT2D eigenvalue weighted by atomic mass is 10.0. The summed E-state index contributed by atoms with van der Waals surface area (Å²) in [6, 6.07) is 24.9. The molecule has 0 saturated carbocycles. The van der Waals surface area contributed by atoms with Crippen LogP contribution in [0.2, 0.25) is 0 Å². The summed E-state index contributed by atoms with van der Waals surface area (Å²) in [5, 5.41) is 0. The molecule has 6 heteroatoms. The monoisotopic (exact) mass is 452 g/mol. The third-order valence-electron chi connectivity index (χ3n) is 5.70. The molecule has 1 aliphatic heterocycles. The highest BCUT2D eigenvalue weighted by atomic mass is 32.2. The van der Waals surface area contributed by atoms with Crippen LogP contribution in [0.25, 0.3) is 11.1 Å². The minimum atomic E-state index is -1.31. The highest BCUT2D eigenvalue weighted by Gasteiger charge is 2.24. The van der Waals surface area contributed by atoms with Crippen LogP contribution >= 0.6 is 0 Å². The van der Waals surface area contributed by atoms with Crippen LogP contribution in [0.15, 0.2) is 82.6 Å². The minimum absolute atomic E-state index is 0.180. The largest absolute Gasteiger partial charge is 0.297 e. The number of aryl methyl sites for hydroxylation is 1. The summed E-state index contributed by atoms with van der Waals surface area (Å²) in [4.78, 5) is 3.84. The second-order valence-corrected chi connectivity index (χ2v) is 10.6. The molecule has 162 valence electrons. The van der Waals surface area contributed by atoms with Crippen molar-refractivity contribution < 1.29 is 8.42 Å². The maximum absolute atomic E-state index is 12.9. The van der Waals surface area contributed by atoms with Crippen molar-refractivity contribution in [1.29, 1.82) is 0 Å². The smallest absolute Gasteiger partial charge is 0.125 e. The molecule has 0 amide bonds. The molecule has 4 rings (SSSR count). The number of nitrogens with one attached hydrogen (secondary N) is 1. The highest BCUT2D eigenvalue weighted by molar-refractivity contribution is 7.84. The first-order valence-corrected chi connectivity index (χ1v) is 13.2. The molecule has 1 saturated heterocycles. The minimum Gasteiger partial charge on any atom is -0.297 e. The van der Waals surface area contributed by atoms with E-state index in [1.54, 1.807) is 12.3 Å². The van der Waals surface area contributed by atoms with Crippen LogP contribution in [0, 0.1) is 6.92 Å². The summed E-state index contributed by atoms with van der Waals surface area (Å²) < 4.78 is 28.0. The maximum Gasteiger partial charge on any atom is 0.125 e. The molecule has 3 unspecified atom stereocenters.